The zero-order chi connectivity index (χ0) is 16.2. The zero-order valence-electron chi connectivity index (χ0n) is 14.9. The summed E-state index contributed by atoms with van der Waals surface area (Å²) >= 11 is 0. The molecule has 1 unspecified atom stereocenters. The Morgan fingerprint density at radius 3 is 2.23 bits per heavy atom. The maximum absolute atomic E-state index is 6.56. The fourth-order valence-electron chi connectivity index (χ4n) is 4.88. The van der Waals surface area contributed by atoms with Crippen molar-refractivity contribution in [2.24, 2.45) is 5.92 Å². The van der Waals surface area contributed by atoms with Gasteiger partial charge in [0.1, 0.15) is 18.2 Å². The van der Waals surface area contributed by atoms with Crippen molar-refractivity contribution >= 4 is 0 Å². The number of piperidine rings is 1. The van der Waals surface area contributed by atoms with E-state index in [4.69, 9.17) is 18.9 Å². The predicted octanol–water partition coefficient (Wildman–Crippen LogP) is 2.14. The highest BCUT2D eigenvalue weighted by molar-refractivity contribution is 4.99. The Hall–Kier alpha value is -0.200. The Morgan fingerprint density at radius 1 is 1.09 bits per heavy atom. The highest BCUT2D eigenvalue weighted by Crippen LogP contribution is 2.48. The predicted molar refractivity (Wildman–Crippen MR) is 83.3 cm³/mol. The number of likely N-dealkylation sites (N-methyl/N-ethyl adjacent to an activating group) is 1. The third-order valence-electron chi connectivity index (χ3n) is 6.64. The molecule has 3 aliphatic rings. The smallest absolute Gasteiger partial charge is 0.220 e. The van der Waals surface area contributed by atoms with E-state index < -0.39 is 11.6 Å². The van der Waals surface area contributed by atoms with E-state index in [9.17, 15) is 0 Å². The minimum atomic E-state index is -0.883. The Kier molecular flexibility index (Phi) is 4.10. The lowest BCUT2D eigenvalue weighted by Gasteiger charge is -2.59. The van der Waals surface area contributed by atoms with Gasteiger partial charge in [0.15, 0.2) is 0 Å². The maximum Gasteiger partial charge on any atom is 0.220 e. The Balaban J connectivity index is 1.96. The standard InChI is InChI=1S/C17H32NO4/c1-7-12-11-18(4)10-8-9-13(18)15-14(12)21-16(2,19-5)17(3,20-6)22-15/h12-15H,7-11H2,1-6H3/q+1/t12-,13-,14-,15-,16+,17+,18?/m0/s1. The monoisotopic (exact) mass is 314 g/mol. The second-order valence-corrected chi connectivity index (χ2v) is 7.73. The zero-order valence-corrected chi connectivity index (χ0v) is 14.9. The van der Waals surface area contributed by atoms with Crippen molar-refractivity contribution in [3.8, 4) is 0 Å². The summed E-state index contributed by atoms with van der Waals surface area (Å²) < 4.78 is 25.6. The first-order chi connectivity index (χ1) is 10.3. The fourth-order valence-corrected chi connectivity index (χ4v) is 4.88. The van der Waals surface area contributed by atoms with E-state index in [0.29, 0.717) is 12.0 Å². The molecule has 3 fully saturated rings. The molecule has 0 saturated carbocycles. The lowest BCUT2D eigenvalue weighted by Crippen LogP contribution is -2.74. The maximum atomic E-state index is 6.56. The van der Waals surface area contributed by atoms with Crippen molar-refractivity contribution in [3.05, 3.63) is 0 Å². The van der Waals surface area contributed by atoms with Crippen molar-refractivity contribution in [2.45, 2.75) is 69.9 Å². The Labute approximate surface area is 134 Å². The first-order valence-electron chi connectivity index (χ1n) is 8.62. The van der Waals surface area contributed by atoms with Gasteiger partial charge in [-0.1, -0.05) is 6.92 Å². The minimum Gasteiger partial charge on any atom is -0.349 e. The van der Waals surface area contributed by atoms with Crippen LogP contribution < -0.4 is 0 Å². The molecule has 128 valence electrons. The first kappa shape index (κ1) is 16.7. The van der Waals surface area contributed by atoms with Crippen molar-refractivity contribution in [3.63, 3.8) is 0 Å². The molecule has 0 aliphatic carbocycles. The van der Waals surface area contributed by atoms with Crippen LogP contribution >= 0.6 is 0 Å². The van der Waals surface area contributed by atoms with Crippen LogP contribution in [0.1, 0.15) is 40.0 Å². The molecule has 7 atom stereocenters. The van der Waals surface area contributed by atoms with Gasteiger partial charge in [0.25, 0.3) is 0 Å². The van der Waals surface area contributed by atoms with Crippen molar-refractivity contribution in [1.82, 2.24) is 0 Å². The van der Waals surface area contributed by atoms with Crippen molar-refractivity contribution in [1.29, 1.82) is 0 Å². The van der Waals surface area contributed by atoms with Gasteiger partial charge in [0.05, 0.1) is 20.1 Å². The number of ether oxygens (including phenoxy) is 4. The van der Waals surface area contributed by atoms with E-state index in [1.807, 2.05) is 13.8 Å². The van der Waals surface area contributed by atoms with Gasteiger partial charge in [0, 0.05) is 33.0 Å². The van der Waals surface area contributed by atoms with Crippen molar-refractivity contribution < 1.29 is 23.4 Å². The molecule has 0 bridgehead atoms. The number of methoxy groups -OCH3 is 2. The number of rotatable bonds is 3. The van der Waals surface area contributed by atoms with Gasteiger partial charge in [-0.2, -0.15) is 0 Å². The number of nitrogens with zero attached hydrogens (tertiary/aromatic N) is 1. The summed E-state index contributed by atoms with van der Waals surface area (Å²) in [5.74, 6) is -1.26. The van der Waals surface area contributed by atoms with Crippen LogP contribution in [0, 0.1) is 5.92 Å². The summed E-state index contributed by atoms with van der Waals surface area (Å²) in [5.41, 5.74) is 0. The molecule has 5 heteroatoms. The summed E-state index contributed by atoms with van der Waals surface area (Å²) in [6.45, 7) is 8.54. The van der Waals surface area contributed by atoms with E-state index >= 15 is 0 Å². The Bertz CT molecular complexity index is 433. The van der Waals surface area contributed by atoms with Crippen LogP contribution in [0.15, 0.2) is 0 Å². The second kappa shape index (κ2) is 5.42. The van der Waals surface area contributed by atoms with E-state index in [0.717, 1.165) is 10.9 Å². The molecule has 3 saturated heterocycles. The molecule has 22 heavy (non-hydrogen) atoms. The molecular weight excluding hydrogens is 282 g/mol. The van der Waals surface area contributed by atoms with E-state index in [1.54, 1.807) is 14.2 Å². The molecule has 5 nitrogen and oxygen atoms in total. The minimum absolute atomic E-state index is 0.0828. The molecule has 0 aromatic carbocycles. The molecule has 3 aliphatic heterocycles. The second-order valence-electron chi connectivity index (χ2n) is 7.73. The van der Waals surface area contributed by atoms with Crippen LogP contribution in [0.5, 0.6) is 0 Å². The van der Waals surface area contributed by atoms with Gasteiger partial charge in [-0.3, -0.25) is 0 Å². The fraction of sp³-hybridized carbons (Fsp3) is 1.00. The highest BCUT2D eigenvalue weighted by Gasteiger charge is 2.64. The van der Waals surface area contributed by atoms with E-state index in [1.165, 1.54) is 25.9 Å². The molecular formula is C17H32NO4+. The van der Waals surface area contributed by atoms with Crippen LogP contribution in [0.4, 0.5) is 0 Å². The largest absolute Gasteiger partial charge is 0.349 e. The normalized spacial score (nSPS) is 54.8. The summed E-state index contributed by atoms with van der Waals surface area (Å²) in [6, 6.07) is 0.503. The third kappa shape index (κ3) is 2.17. The van der Waals surface area contributed by atoms with Crippen molar-refractivity contribution in [2.75, 3.05) is 34.4 Å². The molecule has 0 aromatic rings. The van der Waals surface area contributed by atoms with Gasteiger partial charge in [-0.15, -0.1) is 0 Å². The summed E-state index contributed by atoms with van der Waals surface area (Å²) in [4.78, 5) is 0. The SMILES string of the molecule is CC[C@H]1C[N+]2(C)CCC[C@H]2[C@@H]2O[C@@](C)(OC)[C@](C)(OC)O[C@@H]12. The van der Waals surface area contributed by atoms with Crippen LogP contribution in [0.3, 0.4) is 0 Å². The highest BCUT2D eigenvalue weighted by atomic mass is 16.8. The summed E-state index contributed by atoms with van der Waals surface area (Å²) in [5, 5.41) is 0. The van der Waals surface area contributed by atoms with Crippen LogP contribution in [0.2, 0.25) is 0 Å². The van der Waals surface area contributed by atoms with E-state index in [-0.39, 0.29) is 12.2 Å². The summed E-state index contributed by atoms with van der Waals surface area (Å²) in [7, 11) is 5.72. The van der Waals surface area contributed by atoms with E-state index in [2.05, 4.69) is 14.0 Å². The first-order valence-corrected chi connectivity index (χ1v) is 8.62. The van der Waals surface area contributed by atoms with Gasteiger partial charge in [-0.25, -0.2) is 0 Å². The number of hydrogen-bond donors (Lipinski definition) is 0. The molecule has 0 spiro atoms. The van der Waals surface area contributed by atoms with Gasteiger partial charge >= 0.3 is 0 Å². The number of quaternary nitrogens is 1. The Morgan fingerprint density at radius 2 is 1.68 bits per heavy atom. The average molecular weight is 314 g/mol. The average Bonchev–Trinajstić information content (AvgIpc) is 2.90. The molecule has 0 radical (unpaired) electrons. The lowest BCUT2D eigenvalue weighted by atomic mass is 9.82. The van der Waals surface area contributed by atoms with Gasteiger partial charge < -0.3 is 23.4 Å². The molecule has 0 N–H and O–H groups in total. The van der Waals surface area contributed by atoms with Crippen LogP contribution in [0.25, 0.3) is 0 Å². The van der Waals surface area contributed by atoms with Gasteiger partial charge in [0.2, 0.25) is 11.6 Å². The molecule has 0 aromatic heterocycles. The lowest BCUT2D eigenvalue weighted by molar-refractivity contribution is -0.936. The molecule has 0 amide bonds. The summed E-state index contributed by atoms with van der Waals surface area (Å²) in [6.07, 6.45) is 3.76. The molecule has 3 heterocycles. The third-order valence-corrected chi connectivity index (χ3v) is 6.64. The quantitative estimate of drug-likeness (QED) is 0.748. The number of hydrogen-bond acceptors (Lipinski definition) is 4. The van der Waals surface area contributed by atoms with Crippen LogP contribution in [-0.4, -0.2) is 68.7 Å². The van der Waals surface area contributed by atoms with Crippen LogP contribution in [-0.2, 0) is 18.9 Å². The number of fused-ring (bicyclic) bond motifs is 3. The molecule has 3 rings (SSSR count). The van der Waals surface area contributed by atoms with Gasteiger partial charge in [-0.05, 0) is 20.3 Å². The topological polar surface area (TPSA) is 36.9 Å².